The van der Waals surface area contributed by atoms with Crippen molar-refractivity contribution < 1.29 is 14.4 Å². The minimum absolute atomic E-state index is 0.0444. The predicted molar refractivity (Wildman–Crippen MR) is 122 cm³/mol. The van der Waals surface area contributed by atoms with Crippen LogP contribution in [-0.2, 0) is 14.4 Å². The molecule has 2 bridgehead atoms. The van der Waals surface area contributed by atoms with Crippen molar-refractivity contribution in [2.75, 3.05) is 45.2 Å². The van der Waals surface area contributed by atoms with Gasteiger partial charge in [-0.15, -0.1) is 11.3 Å². The van der Waals surface area contributed by atoms with Crippen LogP contribution in [0.3, 0.4) is 0 Å². The quantitative estimate of drug-likeness (QED) is 0.654. The number of rotatable bonds is 5. The van der Waals surface area contributed by atoms with Crippen LogP contribution < -0.4 is 4.90 Å². The maximum atomic E-state index is 13.2. The van der Waals surface area contributed by atoms with Crippen molar-refractivity contribution in [3.05, 3.63) is 29.2 Å². The molecule has 2 unspecified atom stereocenters. The molecule has 8 heteroatoms. The third-order valence-electron chi connectivity index (χ3n) is 6.65. The Hall–Kier alpha value is -2.19. The number of piperidine rings is 1. The smallest absolute Gasteiger partial charge is 0.250 e. The Bertz CT molecular complexity index is 872. The summed E-state index contributed by atoms with van der Waals surface area (Å²) >= 11 is 1.70. The fourth-order valence-corrected chi connectivity index (χ4v) is 6.14. The van der Waals surface area contributed by atoms with Crippen LogP contribution in [0.2, 0.25) is 0 Å². The lowest BCUT2D eigenvalue weighted by molar-refractivity contribution is -0.137. The second kappa shape index (κ2) is 9.12. The molecule has 0 spiro atoms. The van der Waals surface area contributed by atoms with Crippen LogP contribution in [0.15, 0.2) is 24.3 Å². The van der Waals surface area contributed by atoms with E-state index in [1.165, 1.54) is 4.88 Å². The minimum atomic E-state index is -0.348. The molecule has 4 rings (SSSR count). The Balaban J connectivity index is 1.42. The highest BCUT2D eigenvalue weighted by molar-refractivity contribution is 7.16. The first-order valence-electron chi connectivity index (χ1n) is 11.2. The summed E-state index contributed by atoms with van der Waals surface area (Å²) in [6.45, 7) is 4.52. The maximum Gasteiger partial charge on any atom is 0.250 e. The molecule has 3 aliphatic heterocycles. The number of carbonyl (C=O) groups excluding carboxylic acids is 3. The van der Waals surface area contributed by atoms with E-state index in [0.29, 0.717) is 19.0 Å². The van der Waals surface area contributed by atoms with Gasteiger partial charge in [0.1, 0.15) is 6.04 Å². The van der Waals surface area contributed by atoms with Gasteiger partial charge in [0, 0.05) is 44.1 Å². The molecule has 4 heterocycles. The normalized spacial score (nSPS) is 24.6. The van der Waals surface area contributed by atoms with Crippen molar-refractivity contribution in [1.29, 1.82) is 0 Å². The van der Waals surface area contributed by atoms with Gasteiger partial charge < -0.3 is 14.7 Å². The number of fused-ring (bicyclic) bond motifs is 2. The van der Waals surface area contributed by atoms with E-state index in [1.807, 2.05) is 34.9 Å². The molecule has 31 heavy (non-hydrogen) atoms. The van der Waals surface area contributed by atoms with Gasteiger partial charge in [0.05, 0.1) is 11.0 Å². The summed E-state index contributed by atoms with van der Waals surface area (Å²) in [5.74, 6) is 0.593. The van der Waals surface area contributed by atoms with Gasteiger partial charge in [-0.05, 0) is 57.8 Å². The molecular formula is C23H32N4O3S. The van der Waals surface area contributed by atoms with E-state index in [2.05, 4.69) is 12.1 Å². The summed E-state index contributed by atoms with van der Waals surface area (Å²) in [5.41, 5.74) is 0. The highest BCUT2D eigenvalue weighted by Crippen LogP contribution is 2.40. The predicted octanol–water partition coefficient (Wildman–Crippen LogP) is 2.30. The summed E-state index contributed by atoms with van der Waals surface area (Å²) in [4.78, 5) is 46.5. The standard InChI is InChI=1S/C23H32N4O3S/c1-16(28)25-13-10-17(11-14-25)20-8-9-22(31-20)26-15-18-6-7-19(23(26)30)27(18)21(29)5-4-12-24(2)3/h4-5,8-9,17-19H,6-7,10-15H2,1-3H3/b5-4+. The van der Waals surface area contributed by atoms with Crippen LogP contribution in [-0.4, -0.2) is 84.8 Å². The molecule has 1 aromatic rings. The van der Waals surface area contributed by atoms with Crippen LogP contribution in [0.1, 0.15) is 43.4 Å². The molecule has 0 aromatic carbocycles. The third-order valence-corrected chi connectivity index (χ3v) is 7.92. The number of carbonyl (C=O) groups is 3. The number of amides is 3. The van der Waals surface area contributed by atoms with E-state index in [1.54, 1.807) is 29.2 Å². The number of hydrogen-bond acceptors (Lipinski definition) is 5. The first-order valence-corrected chi connectivity index (χ1v) is 12.0. The molecule has 0 radical (unpaired) electrons. The van der Waals surface area contributed by atoms with Gasteiger partial charge in [-0.1, -0.05) is 6.08 Å². The van der Waals surface area contributed by atoms with Gasteiger partial charge in [0.25, 0.3) is 0 Å². The lowest BCUT2D eigenvalue weighted by atomic mass is 9.95. The highest BCUT2D eigenvalue weighted by Gasteiger charge is 2.47. The van der Waals surface area contributed by atoms with E-state index >= 15 is 0 Å². The zero-order chi connectivity index (χ0) is 22.1. The van der Waals surface area contributed by atoms with Gasteiger partial charge >= 0.3 is 0 Å². The zero-order valence-electron chi connectivity index (χ0n) is 18.6. The number of piperazine rings is 1. The Morgan fingerprint density at radius 2 is 1.90 bits per heavy atom. The van der Waals surface area contributed by atoms with Crippen molar-refractivity contribution in [2.24, 2.45) is 0 Å². The molecule has 3 fully saturated rings. The van der Waals surface area contributed by atoms with Gasteiger partial charge in [0.2, 0.25) is 17.7 Å². The van der Waals surface area contributed by atoms with Crippen molar-refractivity contribution in [1.82, 2.24) is 14.7 Å². The molecular weight excluding hydrogens is 412 g/mol. The lowest BCUT2D eigenvalue weighted by Crippen LogP contribution is -2.58. The van der Waals surface area contributed by atoms with Gasteiger partial charge in [-0.2, -0.15) is 0 Å². The zero-order valence-corrected chi connectivity index (χ0v) is 19.4. The molecule has 0 N–H and O–H groups in total. The molecule has 3 amide bonds. The van der Waals surface area contributed by atoms with Gasteiger partial charge in [0.15, 0.2) is 0 Å². The fourth-order valence-electron chi connectivity index (χ4n) is 4.95. The Labute approximate surface area is 188 Å². The summed E-state index contributed by atoms with van der Waals surface area (Å²) in [6, 6.07) is 3.94. The van der Waals surface area contributed by atoms with Crippen LogP contribution in [0.4, 0.5) is 5.00 Å². The molecule has 1 aromatic heterocycles. The van der Waals surface area contributed by atoms with Crippen LogP contribution in [0, 0.1) is 0 Å². The summed E-state index contributed by atoms with van der Waals surface area (Å²) in [7, 11) is 3.92. The Morgan fingerprint density at radius 1 is 1.16 bits per heavy atom. The number of likely N-dealkylation sites (N-methyl/N-ethyl adjacent to an activating group) is 1. The Morgan fingerprint density at radius 3 is 2.58 bits per heavy atom. The van der Waals surface area contributed by atoms with Gasteiger partial charge in [-0.3, -0.25) is 19.3 Å². The first-order chi connectivity index (χ1) is 14.8. The van der Waals surface area contributed by atoms with E-state index in [0.717, 1.165) is 43.8 Å². The number of anilines is 1. The largest absolute Gasteiger partial charge is 0.343 e. The second-order valence-electron chi connectivity index (χ2n) is 9.06. The molecule has 2 atom stereocenters. The van der Waals surface area contributed by atoms with Crippen LogP contribution >= 0.6 is 11.3 Å². The minimum Gasteiger partial charge on any atom is -0.343 e. The topological polar surface area (TPSA) is 64.2 Å². The van der Waals surface area contributed by atoms with E-state index in [-0.39, 0.29) is 29.8 Å². The van der Waals surface area contributed by atoms with Crippen molar-refractivity contribution in [3.8, 4) is 0 Å². The van der Waals surface area contributed by atoms with E-state index in [4.69, 9.17) is 0 Å². The lowest BCUT2D eigenvalue weighted by Gasteiger charge is -2.39. The Kier molecular flexibility index (Phi) is 6.48. The van der Waals surface area contributed by atoms with E-state index in [9.17, 15) is 14.4 Å². The van der Waals surface area contributed by atoms with Crippen LogP contribution in [0.25, 0.3) is 0 Å². The van der Waals surface area contributed by atoms with Crippen molar-refractivity contribution >= 4 is 34.1 Å². The molecule has 168 valence electrons. The highest BCUT2D eigenvalue weighted by atomic mass is 32.1. The average molecular weight is 445 g/mol. The van der Waals surface area contributed by atoms with Gasteiger partial charge in [-0.25, -0.2) is 0 Å². The van der Waals surface area contributed by atoms with Crippen molar-refractivity contribution in [2.45, 2.75) is 50.6 Å². The molecule has 3 saturated heterocycles. The maximum absolute atomic E-state index is 13.2. The third kappa shape index (κ3) is 4.55. The molecule has 7 nitrogen and oxygen atoms in total. The molecule has 0 aliphatic carbocycles. The number of nitrogens with zero attached hydrogens (tertiary/aromatic N) is 4. The fraction of sp³-hybridized carbons (Fsp3) is 0.609. The average Bonchev–Trinajstić information content (AvgIpc) is 3.35. The van der Waals surface area contributed by atoms with Crippen LogP contribution in [0.5, 0.6) is 0 Å². The number of hydrogen-bond donors (Lipinski definition) is 0. The first kappa shape index (κ1) is 22.0. The monoisotopic (exact) mass is 444 g/mol. The summed E-state index contributed by atoms with van der Waals surface area (Å²) in [5, 5.41) is 0.987. The van der Waals surface area contributed by atoms with E-state index < -0.39 is 0 Å². The number of thiophene rings is 1. The van der Waals surface area contributed by atoms with Crippen molar-refractivity contribution in [3.63, 3.8) is 0 Å². The SMILES string of the molecule is CC(=O)N1CCC(c2ccc(N3CC4CCC(C3=O)N4C(=O)/C=C/CN(C)C)s2)CC1. The molecule has 0 saturated carbocycles. The second-order valence-corrected chi connectivity index (χ2v) is 10.2. The summed E-state index contributed by atoms with van der Waals surface area (Å²) < 4.78 is 0. The summed E-state index contributed by atoms with van der Waals surface area (Å²) in [6.07, 6.45) is 7.05. The molecule has 3 aliphatic rings. The number of likely N-dealkylation sites (tertiary alicyclic amines) is 1.